The Balaban J connectivity index is 3.14. The van der Waals surface area contributed by atoms with E-state index in [1.165, 1.54) is 6.26 Å². The molecule has 0 aromatic heterocycles. The predicted molar refractivity (Wildman–Crippen MR) is 50.4 cm³/mol. The fourth-order valence-electron chi connectivity index (χ4n) is 1.00. The summed E-state index contributed by atoms with van der Waals surface area (Å²) in [5.74, 6) is 0. The highest BCUT2D eigenvalue weighted by Crippen LogP contribution is 2.14. The second-order valence-electron chi connectivity index (χ2n) is 2.91. The Hall–Kier alpha value is -0.830. The summed E-state index contributed by atoms with van der Waals surface area (Å²) in [6.07, 6.45) is 9.22. The molecular formula is C9H12O2S. The minimum Gasteiger partial charge on any atom is -0.224 e. The van der Waals surface area contributed by atoms with Gasteiger partial charge in [0.25, 0.3) is 0 Å². The van der Waals surface area contributed by atoms with Crippen LogP contribution in [-0.4, -0.2) is 14.7 Å². The Labute approximate surface area is 73.2 Å². The van der Waals surface area contributed by atoms with E-state index in [-0.39, 0.29) is 0 Å². The van der Waals surface area contributed by atoms with Gasteiger partial charge >= 0.3 is 0 Å². The van der Waals surface area contributed by atoms with Gasteiger partial charge in [-0.25, -0.2) is 8.42 Å². The summed E-state index contributed by atoms with van der Waals surface area (Å²) in [6, 6.07) is 0. The summed E-state index contributed by atoms with van der Waals surface area (Å²) in [5, 5.41) is 0. The van der Waals surface area contributed by atoms with Crippen molar-refractivity contribution in [3.8, 4) is 0 Å². The fraction of sp³-hybridized carbons (Fsp3) is 0.333. The second kappa shape index (κ2) is 3.27. The average Bonchev–Trinajstić information content (AvgIpc) is 2.11. The first-order chi connectivity index (χ1) is 5.50. The average molecular weight is 184 g/mol. The highest BCUT2D eigenvalue weighted by atomic mass is 32.2. The van der Waals surface area contributed by atoms with Crippen molar-refractivity contribution in [3.05, 3.63) is 34.8 Å². The van der Waals surface area contributed by atoms with Crippen LogP contribution in [0.5, 0.6) is 0 Å². The van der Waals surface area contributed by atoms with Crippen LogP contribution in [0.4, 0.5) is 0 Å². The molecule has 0 amide bonds. The van der Waals surface area contributed by atoms with E-state index < -0.39 is 9.84 Å². The molecular weight excluding hydrogens is 172 g/mol. The standard InChI is InChI=1S/C9H12O2S/c1-8-5-3-4-6-9(7-8)12(2,10)11/h4-7H,3H2,1-2H3. The molecule has 3 heteroatoms. The van der Waals surface area contributed by atoms with Crippen molar-refractivity contribution < 1.29 is 8.42 Å². The Morgan fingerprint density at radius 1 is 1.42 bits per heavy atom. The summed E-state index contributed by atoms with van der Waals surface area (Å²) in [4.78, 5) is 0.397. The second-order valence-corrected chi connectivity index (χ2v) is 4.92. The van der Waals surface area contributed by atoms with Crippen LogP contribution in [0.2, 0.25) is 0 Å². The first-order valence-corrected chi connectivity index (χ1v) is 5.64. The van der Waals surface area contributed by atoms with Crippen molar-refractivity contribution in [3.63, 3.8) is 0 Å². The van der Waals surface area contributed by atoms with Crippen molar-refractivity contribution >= 4 is 9.84 Å². The quantitative estimate of drug-likeness (QED) is 0.623. The maximum Gasteiger partial charge on any atom is 0.175 e. The zero-order valence-electron chi connectivity index (χ0n) is 7.24. The third-order valence-corrected chi connectivity index (χ3v) is 2.77. The number of allylic oxidation sites excluding steroid dienone is 5. The normalized spacial score (nSPS) is 18.2. The lowest BCUT2D eigenvalue weighted by atomic mass is 10.2. The summed E-state index contributed by atoms with van der Waals surface area (Å²) in [7, 11) is -3.05. The number of rotatable bonds is 1. The van der Waals surface area contributed by atoms with Crippen LogP contribution in [0.15, 0.2) is 34.8 Å². The monoisotopic (exact) mass is 184 g/mol. The molecule has 0 aromatic rings. The molecule has 1 aliphatic rings. The van der Waals surface area contributed by atoms with E-state index >= 15 is 0 Å². The maximum atomic E-state index is 11.1. The topological polar surface area (TPSA) is 34.1 Å². The van der Waals surface area contributed by atoms with E-state index in [0.29, 0.717) is 4.91 Å². The zero-order valence-corrected chi connectivity index (χ0v) is 8.06. The molecule has 2 nitrogen and oxygen atoms in total. The first-order valence-electron chi connectivity index (χ1n) is 3.75. The van der Waals surface area contributed by atoms with Crippen LogP contribution < -0.4 is 0 Å². The smallest absolute Gasteiger partial charge is 0.175 e. The lowest BCUT2D eigenvalue weighted by Gasteiger charge is -1.96. The molecule has 0 heterocycles. The largest absolute Gasteiger partial charge is 0.224 e. The van der Waals surface area contributed by atoms with Crippen LogP contribution in [0.3, 0.4) is 0 Å². The molecule has 0 fully saturated rings. The van der Waals surface area contributed by atoms with Crippen molar-refractivity contribution in [1.29, 1.82) is 0 Å². The zero-order chi connectivity index (χ0) is 9.19. The number of hydrogen-bond donors (Lipinski definition) is 0. The molecule has 0 N–H and O–H groups in total. The molecule has 0 atom stereocenters. The van der Waals surface area contributed by atoms with Gasteiger partial charge < -0.3 is 0 Å². The molecule has 0 aromatic carbocycles. The van der Waals surface area contributed by atoms with Crippen LogP contribution >= 0.6 is 0 Å². The lowest BCUT2D eigenvalue weighted by Crippen LogP contribution is -1.97. The van der Waals surface area contributed by atoms with Gasteiger partial charge in [-0.05, 0) is 25.5 Å². The van der Waals surface area contributed by atoms with E-state index in [1.807, 2.05) is 19.1 Å². The number of hydrogen-bond acceptors (Lipinski definition) is 2. The lowest BCUT2D eigenvalue weighted by molar-refractivity contribution is 0.608. The van der Waals surface area contributed by atoms with Crippen molar-refractivity contribution in [2.24, 2.45) is 0 Å². The van der Waals surface area contributed by atoms with Crippen LogP contribution in [0.1, 0.15) is 13.3 Å². The molecule has 0 spiro atoms. The molecule has 12 heavy (non-hydrogen) atoms. The summed E-state index contributed by atoms with van der Waals surface area (Å²) < 4.78 is 22.3. The molecule has 1 aliphatic carbocycles. The van der Waals surface area contributed by atoms with E-state index in [1.54, 1.807) is 12.2 Å². The molecule has 0 unspecified atom stereocenters. The van der Waals surface area contributed by atoms with E-state index in [9.17, 15) is 8.42 Å². The van der Waals surface area contributed by atoms with E-state index in [0.717, 1.165) is 12.0 Å². The SMILES string of the molecule is CC1=CCC=CC(S(C)(=O)=O)=C1. The van der Waals surface area contributed by atoms with Gasteiger partial charge in [-0.2, -0.15) is 0 Å². The minimum absolute atomic E-state index is 0.397. The molecule has 0 radical (unpaired) electrons. The first kappa shape index (κ1) is 9.26. The summed E-state index contributed by atoms with van der Waals surface area (Å²) in [5.41, 5.74) is 1.00. The molecule has 0 bridgehead atoms. The molecule has 0 saturated heterocycles. The molecule has 66 valence electrons. The third kappa shape index (κ3) is 2.34. The van der Waals surface area contributed by atoms with Gasteiger partial charge in [0.2, 0.25) is 0 Å². The van der Waals surface area contributed by atoms with Gasteiger partial charge in [-0.1, -0.05) is 17.7 Å². The Morgan fingerprint density at radius 3 is 2.67 bits per heavy atom. The number of sulfone groups is 1. The van der Waals surface area contributed by atoms with Crippen LogP contribution in [0.25, 0.3) is 0 Å². The molecule has 1 rings (SSSR count). The highest BCUT2D eigenvalue weighted by molar-refractivity contribution is 7.94. The van der Waals surface area contributed by atoms with Gasteiger partial charge in [-0.15, -0.1) is 0 Å². The summed E-state index contributed by atoms with van der Waals surface area (Å²) >= 11 is 0. The Bertz CT molecular complexity index is 356. The van der Waals surface area contributed by atoms with Gasteiger partial charge in [0, 0.05) is 6.26 Å². The highest BCUT2D eigenvalue weighted by Gasteiger charge is 2.08. The molecule has 0 aliphatic heterocycles. The van der Waals surface area contributed by atoms with Gasteiger partial charge in [0.1, 0.15) is 0 Å². The van der Waals surface area contributed by atoms with Crippen molar-refractivity contribution in [2.75, 3.05) is 6.26 Å². The van der Waals surface area contributed by atoms with Gasteiger partial charge in [0.15, 0.2) is 9.84 Å². The predicted octanol–water partition coefficient (Wildman–Crippen LogP) is 1.82. The van der Waals surface area contributed by atoms with E-state index in [4.69, 9.17) is 0 Å². The molecule has 0 saturated carbocycles. The Kier molecular flexibility index (Phi) is 2.52. The Morgan fingerprint density at radius 2 is 2.08 bits per heavy atom. The van der Waals surface area contributed by atoms with Crippen molar-refractivity contribution in [2.45, 2.75) is 13.3 Å². The van der Waals surface area contributed by atoms with E-state index in [2.05, 4.69) is 0 Å². The minimum atomic E-state index is -3.05. The fourth-order valence-corrected chi connectivity index (χ4v) is 1.74. The maximum absolute atomic E-state index is 11.1. The van der Waals surface area contributed by atoms with Gasteiger partial charge in [-0.3, -0.25) is 0 Å². The van der Waals surface area contributed by atoms with Gasteiger partial charge in [0.05, 0.1) is 4.91 Å². The van der Waals surface area contributed by atoms with Crippen molar-refractivity contribution in [1.82, 2.24) is 0 Å². The van der Waals surface area contributed by atoms with Crippen LogP contribution in [-0.2, 0) is 9.84 Å². The van der Waals surface area contributed by atoms with Crippen LogP contribution in [0, 0.1) is 0 Å². The summed E-state index contributed by atoms with van der Waals surface area (Å²) in [6.45, 7) is 1.90. The third-order valence-electron chi connectivity index (χ3n) is 1.66.